The molecule has 0 radical (unpaired) electrons. The van der Waals surface area contributed by atoms with Gasteiger partial charge in [-0.05, 0) is 77.4 Å². The van der Waals surface area contributed by atoms with Crippen LogP contribution >= 0.6 is 11.6 Å². The lowest BCUT2D eigenvalue weighted by Gasteiger charge is -2.34. The van der Waals surface area contributed by atoms with Crippen molar-refractivity contribution >= 4 is 39.1 Å². The summed E-state index contributed by atoms with van der Waals surface area (Å²) in [4.78, 5) is 28.3. The molecule has 10 heteroatoms. The lowest BCUT2D eigenvalue weighted by molar-refractivity contribution is -0.140. The maximum absolute atomic E-state index is 14.7. The Hall–Kier alpha value is -3.43. The Labute approximate surface area is 241 Å². The van der Waals surface area contributed by atoms with Crippen molar-refractivity contribution in [1.82, 2.24) is 10.2 Å². The largest absolute Gasteiger partial charge is 0.350 e. The molecular weight excluding hydrogens is 553 g/mol. The van der Waals surface area contributed by atoms with Crippen LogP contribution in [0.25, 0.3) is 0 Å². The van der Waals surface area contributed by atoms with E-state index >= 15 is 0 Å². The zero-order valence-electron chi connectivity index (χ0n) is 23.5. The Morgan fingerprint density at radius 1 is 1.00 bits per heavy atom. The van der Waals surface area contributed by atoms with Crippen LogP contribution in [-0.4, -0.2) is 43.3 Å². The first-order valence-electron chi connectivity index (χ1n) is 12.8. The molecule has 7 nitrogen and oxygen atoms in total. The van der Waals surface area contributed by atoms with Crippen LogP contribution in [0.1, 0.15) is 44.4 Å². The molecule has 0 saturated carbocycles. The Morgan fingerprint density at radius 2 is 1.62 bits per heavy atom. The van der Waals surface area contributed by atoms with Gasteiger partial charge in [-0.15, -0.1) is 0 Å². The number of rotatable bonds is 9. The smallest absolute Gasteiger partial charge is 0.264 e. The second-order valence-corrected chi connectivity index (χ2v) is 13.1. The van der Waals surface area contributed by atoms with Crippen molar-refractivity contribution in [2.24, 2.45) is 0 Å². The second-order valence-electron chi connectivity index (χ2n) is 10.8. The Kier molecular flexibility index (Phi) is 9.64. The van der Waals surface area contributed by atoms with Gasteiger partial charge in [0.2, 0.25) is 11.8 Å². The maximum Gasteiger partial charge on any atom is 0.264 e. The first-order valence-corrected chi connectivity index (χ1v) is 14.6. The fourth-order valence-electron chi connectivity index (χ4n) is 4.07. The van der Waals surface area contributed by atoms with Gasteiger partial charge in [-0.3, -0.25) is 13.9 Å². The molecule has 2 amide bonds. The molecule has 3 rings (SSSR count). The summed E-state index contributed by atoms with van der Waals surface area (Å²) in [6, 6.07) is 16.0. The first-order chi connectivity index (χ1) is 18.6. The number of carbonyl (C=O) groups excluding carboxylic acids is 2. The number of benzene rings is 3. The second kappa shape index (κ2) is 12.4. The number of hydrogen-bond acceptors (Lipinski definition) is 4. The Morgan fingerprint density at radius 3 is 2.23 bits per heavy atom. The highest BCUT2D eigenvalue weighted by Crippen LogP contribution is 2.30. The van der Waals surface area contributed by atoms with Gasteiger partial charge in [0, 0.05) is 22.7 Å². The molecule has 0 aliphatic rings. The lowest BCUT2D eigenvalue weighted by atomic mass is 10.1. The van der Waals surface area contributed by atoms with Gasteiger partial charge in [-0.1, -0.05) is 53.6 Å². The fraction of sp³-hybridized carbons (Fsp3) is 0.333. The minimum atomic E-state index is -4.24. The van der Waals surface area contributed by atoms with E-state index in [2.05, 4.69) is 5.32 Å². The summed E-state index contributed by atoms with van der Waals surface area (Å²) < 4.78 is 43.5. The topological polar surface area (TPSA) is 86.8 Å². The van der Waals surface area contributed by atoms with Crippen molar-refractivity contribution in [2.75, 3.05) is 10.8 Å². The van der Waals surface area contributed by atoms with Crippen LogP contribution in [0.2, 0.25) is 5.02 Å². The molecule has 40 heavy (non-hydrogen) atoms. The number of halogens is 2. The van der Waals surface area contributed by atoms with Gasteiger partial charge in [0.05, 0.1) is 10.6 Å². The summed E-state index contributed by atoms with van der Waals surface area (Å²) in [5.74, 6) is -1.68. The maximum atomic E-state index is 14.7. The monoisotopic (exact) mass is 587 g/mol. The van der Waals surface area contributed by atoms with E-state index in [9.17, 15) is 22.4 Å². The first kappa shape index (κ1) is 31.1. The molecule has 0 saturated heterocycles. The summed E-state index contributed by atoms with van der Waals surface area (Å²) in [5.41, 5.74) is 1.27. The molecule has 1 unspecified atom stereocenters. The minimum Gasteiger partial charge on any atom is -0.350 e. The van der Waals surface area contributed by atoms with Crippen molar-refractivity contribution in [2.45, 2.75) is 64.6 Å². The minimum absolute atomic E-state index is 0.00977. The van der Waals surface area contributed by atoms with E-state index in [0.717, 1.165) is 9.87 Å². The molecule has 1 N–H and O–H groups in total. The predicted molar refractivity (Wildman–Crippen MR) is 156 cm³/mol. The van der Waals surface area contributed by atoms with Crippen molar-refractivity contribution in [3.63, 3.8) is 0 Å². The van der Waals surface area contributed by atoms with E-state index in [1.54, 1.807) is 58.0 Å². The van der Waals surface area contributed by atoms with Crippen LogP contribution in [0.4, 0.5) is 10.1 Å². The molecule has 0 spiro atoms. The van der Waals surface area contributed by atoms with E-state index in [1.165, 1.54) is 48.2 Å². The summed E-state index contributed by atoms with van der Waals surface area (Å²) >= 11 is 6.24. The van der Waals surface area contributed by atoms with E-state index in [1.807, 2.05) is 6.92 Å². The predicted octanol–water partition coefficient (Wildman–Crippen LogP) is 5.62. The fourth-order valence-corrected chi connectivity index (χ4v) is 5.71. The highest BCUT2D eigenvalue weighted by molar-refractivity contribution is 7.92. The third-order valence-corrected chi connectivity index (χ3v) is 8.30. The van der Waals surface area contributed by atoms with Crippen LogP contribution in [0, 0.1) is 19.7 Å². The quantitative estimate of drug-likeness (QED) is 0.352. The molecular formula is C30H35ClFN3O4S. The molecule has 3 aromatic carbocycles. The zero-order valence-corrected chi connectivity index (χ0v) is 25.1. The van der Waals surface area contributed by atoms with Gasteiger partial charge in [-0.2, -0.15) is 0 Å². The molecule has 0 aliphatic carbocycles. The summed E-state index contributed by atoms with van der Waals surface area (Å²) in [7, 11) is -4.24. The number of sulfonamides is 1. The van der Waals surface area contributed by atoms with Gasteiger partial charge < -0.3 is 10.2 Å². The highest BCUT2D eigenvalue weighted by atomic mass is 35.5. The number of amides is 2. The van der Waals surface area contributed by atoms with Crippen LogP contribution in [0.3, 0.4) is 0 Å². The van der Waals surface area contributed by atoms with Crippen LogP contribution < -0.4 is 9.62 Å². The van der Waals surface area contributed by atoms with Gasteiger partial charge in [0.1, 0.15) is 18.4 Å². The van der Waals surface area contributed by atoms with Gasteiger partial charge >= 0.3 is 0 Å². The molecule has 214 valence electrons. The van der Waals surface area contributed by atoms with Gasteiger partial charge in [-0.25, -0.2) is 12.8 Å². The molecule has 0 fully saturated rings. The number of nitrogens with one attached hydrogen (secondary N) is 1. The van der Waals surface area contributed by atoms with Gasteiger partial charge in [0.25, 0.3) is 10.0 Å². The average molecular weight is 588 g/mol. The van der Waals surface area contributed by atoms with E-state index in [0.29, 0.717) is 10.6 Å². The molecule has 0 bridgehead atoms. The van der Waals surface area contributed by atoms with Crippen molar-refractivity contribution in [3.8, 4) is 0 Å². The SMILES string of the molecule is Cc1ccc(S(=O)(=O)N(CC(=O)N(Cc2ccccc2F)C(C)C(=O)NC(C)(C)C)c2cc(Cl)ccc2C)cc1. The van der Waals surface area contributed by atoms with Crippen molar-refractivity contribution < 1.29 is 22.4 Å². The van der Waals surface area contributed by atoms with E-state index in [4.69, 9.17) is 11.6 Å². The molecule has 0 aromatic heterocycles. The molecule has 1 atom stereocenters. The molecule has 3 aromatic rings. The standard InChI is InChI=1S/C30H35ClFN3O4S/c1-20-11-15-25(16-12-20)40(38,39)35(27-17-24(31)14-13-21(27)2)19-28(36)34(18-23-9-7-8-10-26(23)32)22(3)29(37)33-30(4,5)6/h7-17,22H,18-19H2,1-6H3,(H,33,37). The Balaban J connectivity index is 2.09. The number of hydrogen-bond donors (Lipinski definition) is 1. The van der Waals surface area contributed by atoms with Crippen molar-refractivity contribution in [3.05, 3.63) is 94.3 Å². The number of aryl methyl sites for hydroxylation is 2. The van der Waals surface area contributed by atoms with Crippen LogP contribution in [0.15, 0.2) is 71.6 Å². The number of nitrogens with zero attached hydrogens (tertiary/aromatic N) is 2. The third kappa shape index (κ3) is 7.61. The lowest BCUT2D eigenvalue weighted by Crippen LogP contribution is -2.54. The molecule has 0 heterocycles. The van der Waals surface area contributed by atoms with Crippen LogP contribution in [0.5, 0.6) is 0 Å². The average Bonchev–Trinajstić information content (AvgIpc) is 2.87. The summed E-state index contributed by atoms with van der Waals surface area (Å²) in [5, 5.41) is 3.13. The number of anilines is 1. The van der Waals surface area contributed by atoms with E-state index < -0.39 is 45.8 Å². The summed E-state index contributed by atoms with van der Waals surface area (Å²) in [6.45, 7) is 9.61. The summed E-state index contributed by atoms with van der Waals surface area (Å²) in [6.07, 6.45) is 0. The Bertz CT molecular complexity index is 1490. The van der Waals surface area contributed by atoms with E-state index in [-0.39, 0.29) is 22.7 Å². The van der Waals surface area contributed by atoms with Gasteiger partial charge in [0.15, 0.2) is 0 Å². The normalized spacial score (nSPS) is 12.5. The van der Waals surface area contributed by atoms with Crippen LogP contribution in [-0.2, 0) is 26.2 Å². The highest BCUT2D eigenvalue weighted by Gasteiger charge is 2.34. The third-order valence-electron chi connectivity index (χ3n) is 6.29. The zero-order chi connectivity index (χ0) is 29.8. The molecule has 0 aliphatic heterocycles. The number of carbonyl (C=O) groups is 2. The van der Waals surface area contributed by atoms with Crippen molar-refractivity contribution in [1.29, 1.82) is 0 Å².